The first-order chi connectivity index (χ1) is 9.52. The Hall–Kier alpha value is -1.38. The predicted molar refractivity (Wildman–Crippen MR) is 81.1 cm³/mol. The van der Waals surface area contributed by atoms with Gasteiger partial charge in [0.15, 0.2) is 14.4 Å². The maximum absolute atomic E-state index is 11.9. The molecule has 1 aromatic rings. The van der Waals surface area contributed by atoms with Crippen LogP contribution in [0.3, 0.4) is 0 Å². The third-order valence-electron chi connectivity index (χ3n) is 2.32. The summed E-state index contributed by atoms with van der Waals surface area (Å²) in [6.07, 6.45) is 0.140. The molecular formula is C13H20O6SSi. The number of hydrogen-bond donors (Lipinski definition) is 0. The van der Waals surface area contributed by atoms with Crippen molar-refractivity contribution in [2.45, 2.75) is 25.7 Å². The lowest BCUT2D eigenvalue weighted by Gasteiger charge is -2.24. The third-order valence-corrected chi connectivity index (χ3v) is 3.76. The van der Waals surface area contributed by atoms with Crippen LogP contribution in [0.15, 0.2) is 24.3 Å². The zero-order chi connectivity index (χ0) is 16.3. The Kier molecular flexibility index (Phi) is 5.54. The standard InChI is InChI=1S/C13H20O6SSi/c1-17-13(14)12(19-21(3,4)5)10-6-8-11(9-7-10)18-20(2,15)16/h6-9,12H,1-5H3. The molecule has 21 heavy (non-hydrogen) atoms. The van der Waals surface area contributed by atoms with Crippen LogP contribution in [-0.4, -0.2) is 36.1 Å². The molecule has 1 aromatic carbocycles. The van der Waals surface area contributed by atoms with Gasteiger partial charge in [-0.3, -0.25) is 0 Å². The highest BCUT2D eigenvalue weighted by Gasteiger charge is 2.29. The molecule has 0 amide bonds. The Labute approximate surface area is 126 Å². The maximum atomic E-state index is 11.9. The summed E-state index contributed by atoms with van der Waals surface area (Å²) in [5.41, 5.74) is 0.588. The Morgan fingerprint density at radius 2 is 1.67 bits per heavy atom. The van der Waals surface area contributed by atoms with Crippen molar-refractivity contribution < 1.29 is 26.6 Å². The summed E-state index contributed by atoms with van der Waals surface area (Å²) in [4.78, 5) is 11.9. The van der Waals surface area contributed by atoms with Gasteiger partial charge in [-0.25, -0.2) is 4.79 Å². The molecule has 0 heterocycles. The molecular weight excluding hydrogens is 312 g/mol. The minimum Gasteiger partial charge on any atom is -0.467 e. The highest BCUT2D eigenvalue weighted by molar-refractivity contribution is 7.86. The Balaban J connectivity index is 3.01. The normalized spacial score (nSPS) is 13.6. The zero-order valence-electron chi connectivity index (χ0n) is 12.7. The number of hydrogen-bond acceptors (Lipinski definition) is 6. The molecule has 6 nitrogen and oxygen atoms in total. The minimum absolute atomic E-state index is 0.179. The van der Waals surface area contributed by atoms with Gasteiger partial charge in [-0.15, -0.1) is 0 Å². The monoisotopic (exact) mass is 332 g/mol. The zero-order valence-corrected chi connectivity index (χ0v) is 14.6. The summed E-state index contributed by atoms with van der Waals surface area (Å²) in [5, 5.41) is 0. The number of carbonyl (C=O) groups excluding carboxylic acids is 1. The molecule has 1 unspecified atom stereocenters. The molecule has 0 N–H and O–H groups in total. The summed E-state index contributed by atoms with van der Waals surface area (Å²) in [6.45, 7) is 5.89. The molecule has 1 rings (SSSR count). The van der Waals surface area contributed by atoms with Gasteiger partial charge in [0.05, 0.1) is 13.4 Å². The summed E-state index contributed by atoms with van der Waals surface area (Å²) in [6, 6.07) is 6.12. The predicted octanol–water partition coefficient (Wildman–Crippen LogP) is 2.09. The van der Waals surface area contributed by atoms with Crippen molar-refractivity contribution in [1.82, 2.24) is 0 Å². The lowest BCUT2D eigenvalue weighted by Crippen LogP contribution is -2.32. The second kappa shape index (κ2) is 6.59. The van der Waals surface area contributed by atoms with Gasteiger partial charge in [-0.2, -0.15) is 8.42 Å². The lowest BCUT2D eigenvalue weighted by molar-refractivity contribution is -0.149. The fraction of sp³-hybridized carbons (Fsp3) is 0.462. The fourth-order valence-electron chi connectivity index (χ4n) is 1.59. The number of carbonyl (C=O) groups is 1. The molecule has 0 spiro atoms. The van der Waals surface area contributed by atoms with Gasteiger partial charge in [0.2, 0.25) is 0 Å². The van der Waals surface area contributed by atoms with Crippen LogP contribution >= 0.6 is 0 Å². The quantitative estimate of drug-likeness (QED) is 0.451. The smallest absolute Gasteiger partial charge is 0.338 e. The molecule has 0 saturated carbocycles. The SMILES string of the molecule is COC(=O)C(O[Si](C)(C)C)c1ccc(OS(C)(=O)=O)cc1. The molecule has 0 aromatic heterocycles. The molecule has 0 bridgehead atoms. The number of methoxy groups -OCH3 is 1. The average molecular weight is 332 g/mol. The van der Waals surface area contributed by atoms with E-state index in [1.165, 1.54) is 19.2 Å². The van der Waals surface area contributed by atoms with Gasteiger partial charge < -0.3 is 13.3 Å². The van der Waals surface area contributed by atoms with Crippen LogP contribution in [0.4, 0.5) is 0 Å². The van der Waals surface area contributed by atoms with E-state index < -0.39 is 30.5 Å². The second-order valence-corrected chi connectivity index (χ2v) is 11.5. The average Bonchev–Trinajstić information content (AvgIpc) is 2.33. The van der Waals surface area contributed by atoms with Gasteiger partial charge in [0.25, 0.3) is 0 Å². The summed E-state index contributed by atoms with van der Waals surface area (Å²) in [7, 11) is -4.24. The highest BCUT2D eigenvalue weighted by Crippen LogP contribution is 2.25. The van der Waals surface area contributed by atoms with Crippen molar-refractivity contribution in [3.05, 3.63) is 29.8 Å². The van der Waals surface area contributed by atoms with Crippen molar-refractivity contribution in [1.29, 1.82) is 0 Å². The van der Waals surface area contributed by atoms with Gasteiger partial charge in [-0.05, 0) is 37.3 Å². The van der Waals surface area contributed by atoms with E-state index in [0.717, 1.165) is 6.26 Å². The Morgan fingerprint density at radius 3 is 2.05 bits per heavy atom. The Bertz CT molecular complexity index is 588. The van der Waals surface area contributed by atoms with Crippen LogP contribution in [0.25, 0.3) is 0 Å². The first-order valence-corrected chi connectivity index (χ1v) is 11.5. The Morgan fingerprint density at radius 1 is 1.14 bits per heavy atom. The lowest BCUT2D eigenvalue weighted by atomic mass is 10.1. The third kappa shape index (κ3) is 6.28. The molecule has 0 aliphatic heterocycles. The van der Waals surface area contributed by atoms with E-state index in [2.05, 4.69) is 0 Å². The molecule has 0 aliphatic rings. The van der Waals surface area contributed by atoms with Gasteiger partial charge >= 0.3 is 16.1 Å². The van der Waals surface area contributed by atoms with E-state index in [1.54, 1.807) is 12.1 Å². The van der Waals surface area contributed by atoms with Crippen LogP contribution in [0.5, 0.6) is 5.75 Å². The molecule has 0 fully saturated rings. The number of benzene rings is 1. The highest BCUT2D eigenvalue weighted by atomic mass is 32.2. The van der Waals surface area contributed by atoms with E-state index in [0.29, 0.717) is 5.56 Å². The first-order valence-electron chi connectivity index (χ1n) is 6.27. The van der Waals surface area contributed by atoms with Crippen molar-refractivity contribution in [3.8, 4) is 5.75 Å². The maximum Gasteiger partial charge on any atom is 0.338 e. The van der Waals surface area contributed by atoms with E-state index in [1.807, 2.05) is 19.6 Å². The number of rotatable bonds is 6. The van der Waals surface area contributed by atoms with E-state index in [9.17, 15) is 13.2 Å². The van der Waals surface area contributed by atoms with Crippen molar-refractivity contribution in [3.63, 3.8) is 0 Å². The molecule has 0 aliphatic carbocycles. The van der Waals surface area contributed by atoms with Crippen LogP contribution in [0.1, 0.15) is 11.7 Å². The summed E-state index contributed by atoms with van der Waals surface area (Å²) in [5.74, 6) is -0.313. The summed E-state index contributed by atoms with van der Waals surface area (Å²) < 4.78 is 37.4. The molecule has 1 atom stereocenters. The second-order valence-electron chi connectivity index (χ2n) is 5.49. The van der Waals surface area contributed by atoms with Crippen LogP contribution in [-0.2, 0) is 24.1 Å². The molecule has 8 heteroatoms. The topological polar surface area (TPSA) is 78.9 Å². The van der Waals surface area contributed by atoms with E-state index in [4.69, 9.17) is 13.3 Å². The van der Waals surface area contributed by atoms with Crippen molar-refractivity contribution >= 4 is 24.4 Å². The molecule has 0 saturated heterocycles. The van der Waals surface area contributed by atoms with Gasteiger partial charge in [0.1, 0.15) is 5.75 Å². The number of ether oxygens (including phenoxy) is 1. The van der Waals surface area contributed by atoms with Gasteiger partial charge in [-0.1, -0.05) is 12.1 Å². The minimum atomic E-state index is -3.58. The molecule has 0 radical (unpaired) electrons. The van der Waals surface area contributed by atoms with Gasteiger partial charge in [0, 0.05) is 0 Å². The van der Waals surface area contributed by atoms with Crippen LogP contribution in [0.2, 0.25) is 19.6 Å². The van der Waals surface area contributed by atoms with E-state index >= 15 is 0 Å². The fourth-order valence-corrected chi connectivity index (χ4v) is 2.99. The molecule has 118 valence electrons. The van der Waals surface area contributed by atoms with Crippen molar-refractivity contribution in [2.75, 3.05) is 13.4 Å². The number of esters is 1. The van der Waals surface area contributed by atoms with Crippen molar-refractivity contribution in [2.24, 2.45) is 0 Å². The first kappa shape index (κ1) is 17.7. The van der Waals surface area contributed by atoms with Crippen LogP contribution in [0, 0.1) is 0 Å². The van der Waals surface area contributed by atoms with Crippen LogP contribution < -0.4 is 4.18 Å². The van der Waals surface area contributed by atoms with E-state index in [-0.39, 0.29) is 5.75 Å². The summed E-state index contributed by atoms with van der Waals surface area (Å²) >= 11 is 0. The largest absolute Gasteiger partial charge is 0.467 e.